The standard InChI is InChI=1S/C25H30FN3O2/c1-6-18(4)29(24(30)20-12-14-21(26)15-13-20)16-22-23(19-10-8-7-9-11-19)27-31-25(22)28(5)17(2)3/h7-15,17-18H,6,16H2,1-5H3. The van der Waals surface area contributed by atoms with Gasteiger partial charge < -0.3 is 14.3 Å². The van der Waals surface area contributed by atoms with Crippen LogP contribution in [0.3, 0.4) is 0 Å². The van der Waals surface area contributed by atoms with Crippen molar-refractivity contribution in [1.82, 2.24) is 10.1 Å². The topological polar surface area (TPSA) is 49.6 Å². The van der Waals surface area contributed by atoms with Crippen LogP contribution in [0, 0.1) is 5.82 Å². The number of rotatable bonds is 8. The van der Waals surface area contributed by atoms with E-state index in [-0.39, 0.29) is 23.8 Å². The van der Waals surface area contributed by atoms with Gasteiger partial charge in [-0.05, 0) is 51.5 Å². The van der Waals surface area contributed by atoms with Gasteiger partial charge in [0.25, 0.3) is 5.91 Å². The second-order valence-electron chi connectivity index (χ2n) is 8.08. The van der Waals surface area contributed by atoms with E-state index in [9.17, 15) is 9.18 Å². The molecule has 5 nitrogen and oxygen atoms in total. The molecular weight excluding hydrogens is 393 g/mol. The number of anilines is 1. The Labute approximate surface area is 183 Å². The van der Waals surface area contributed by atoms with Gasteiger partial charge in [0.05, 0.1) is 12.1 Å². The van der Waals surface area contributed by atoms with Crippen molar-refractivity contribution in [1.29, 1.82) is 0 Å². The Morgan fingerprint density at radius 2 is 1.71 bits per heavy atom. The van der Waals surface area contributed by atoms with Crippen molar-refractivity contribution < 1.29 is 13.7 Å². The molecule has 0 saturated heterocycles. The fraction of sp³-hybridized carbons (Fsp3) is 0.360. The van der Waals surface area contributed by atoms with Crippen LogP contribution >= 0.6 is 0 Å². The highest BCUT2D eigenvalue weighted by Crippen LogP contribution is 2.33. The molecule has 0 aliphatic heterocycles. The minimum absolute atomic E-state index is 0.0201. The van der Waals surface area contributed by atoms with E-state index < -0.39 is 0 Å². The molecule has 1 amide bonds. The molecule has 0 radical (unpaired) electrons. The van der Waals surface area contributed by atoms with Crippen molar-refractivity contribution >= 4 is 11.8 Å². The van der Waals surface area contributed by atoms with Crippen LogP contribution in [-0.2, 0) is 6.54 Å². The normalized spacial score (nSPS) is 12.1. The third-order valence-electron chi connectivity index (χ3n) is 5.71. The Kier molecular flexibility index (Phi) is 7.10. The smallest absolute Gasteiger partial charge is 0.254 e. The molecule has 0 aliphatic carbocycles. The average molecular weight is 424 g/mol. The molecule has 0 spiro atoms. The minimum atomic E-state index is -0.363. The lowest BCUT2D eigenvalue weighted by atomic mass is 10.0. The molecule has 0 N–H and O–H groups in total. The number of aromatic nitrogens is 1. The molecule has 3 aromatic rings. The summed E-state index contributed by atoms with van der Waals surface area (Å²) in [6.45, 7) is 8.55. The van der Waals surface area contributed by atoms with E-state index in [1.54, 1.807) is 0 Å². The second kappa shape index (κ2) is 9.77. The van der Waals surface area contributed by atoms with Gasteiger partial charge in [-0.2, -0.15) is 0 Å². The molecule has 0 aliphatic rings. The molecule has 2 aromatic carbocycles. The Balaban J connectivity index is 2.06. The van der Waals surface area contributed by atoms with Gasteiger partial charge in [0.15, 0.2) is 0 Å². The van der Waals surface area contributed by atoms with Crippen LogP contribution in [0.2, 0.25) is 0 Å². The zero-order valence-corrected chi connectivity index (χ0v) is 18.8. The van der Waals surface area contributed by atoms with Crippen molar-refractivity contribution in [3.63, 3.8) is 0 Å². The lowest BCUT2D eigenvalue weighted by molar-refractivity contribution is 0.0672. The summed E-state index contributed by atoms with van der Waals surface area (Å²) in [4.78, 5) is 17.2. The maximum atomic E-state index is 13.4. The van der Waals surface area contributed by atoms with Crippen molar-refractivity contribution in [3.05, 3.63) is 71.5 Å². The molecule has 3 rings (SSSR count). The number of hydrogen-bond donors (Lipinski definition) is 0. The van der Waals surface area contributed by atoms with Gasteiger partial charge in [-0.15, -0.1) is 0 Å². The average Bonchev–Trinajstić information content (AvgIpc) is 3.20. The summed E-state index contributed by atoms with van der Waals surface area (Å²) >= 11 is 0. The van der Waals surface area contributed by atoms with E-state index in [2.05, 4.69) is 19.0 Å². The van der Waals surface area contributed by atoms with E-state index >= 15 is 0 Å². The van der Waals surface area contributed by atoms with Crippen molar-refractivity contribution in [3.8, 4) is 11.3 Å². The van der Waals surface area contributed by atoms with Gasteiger partial charge in [-0.3, -0.25) is 4.79 Å². The number of carbonyl (C=O) groups is 1. The number of halogens is 1. The van der Waals surface area contributed by atoms with Gasteiger partial charge in [0, 0.05) is 30.3 Å². The second-order valence-corrected chi connectivity index (χ2v) is 8.08. The SMILES string of the molecule is CCC(C)N(Cc1c(-c2ccccc2)noc1N(C)C(C)C)C(=O)c1ccc(F)cc1. The van der Waals surface area contributed by atoms with Crippen LogP contribution in [0.1, 0.15) is 50.0 Å². The zero-order chi connectivity index (χ0) is 22.5. The summed E-state index contributed by atoms with van der Waals surface area (Å²) in [5.74, 6) is 0.139. The number of nitrogens with zero attached hydrogens (tertiary/aromatic N) is 3. The minimum Gasteiger partial charge on any atom is -0.341 e. The molecular formula is C25H30FN3O2. The number of amides is 1. The molecule has 1 unspecified atom stereocenters. The third kappa shape index (κ3) is 4.95. The van der Waals surface area contributed by atoms with E-state index in [1.807, 2.05) is 61.0 Å². The summed E-state index contributed by atoms with van der Waals surface area (Å²) in [7, 11) is 1.96. The fourth-order valence-electron chi connectivity index (χ4n) is 3.35. The maximum Gasteiger partial charge on any atom is 0.254 e. The van der Waals surface area contributed by atoms with E-state index in [0.29, 0.717) is 18.0 Å². The molecule has 0 fully saturated rings. The highest BCUT2D eigenvalue weighted by atomic mass is 19.1. The van der Waals surface area contributed by atoms with Gasteiger partial charge in [-0.1, -0.05) is 42.4 Å². The Morgan fingerprint density at radius 1 is 1.06 bits per heavy atom. The fourth-order valence-corrected chi connectivity index (χ4v) is 3.35. The summed E-state index contributed by atoms with van der Waals surface area (Å²) in [6, 6.07) is 15.7. The summed E-state index contributed by atoms with van der Waals surface area (Å²) in [6.07, 6.45) is 0.786. The Morgan fingerprint density at radius 3 is 2.29 bits per heavy atom. The Hall–Kier alpha value is -3.15. The van der Waals surface area contributed by atoms with Gasteiger partial charge in [-0.25, -0.2) is 4.39 Å². The monoisotopic (exact) mass is 423 g/mol. The highest BCUT2D eigenvalue weighted by molar-refractivity contribution is 5.94. The van der Waals surface area contributed by atoms with E-state index in [0.717, 1.165) is 23.2 Å². The van der Waals surface area contributed by atoms with E-state index in [1.165, 1.54) is 24.3 Å². The van der Waals surface area contributed by atoms with Crippen LogP contribution in [0.5, 0.6) is 0 Å². The predicted molar refractivity (Wildman–Crippen MR) is 122 cm³/mol. The quantitative estimate of drug-likeness (QED) is 0.462. The summed E-state index contributed by atoms with van der Waals surface area (Å²) in [5, 5.41) is 4.37. The first-order chi connectivity index (χ1) is 14.8. The van der Waals surface area contributed by atoms with Gasteiger partial charge in [0.1, 0.15) is 11.5 Å². The first kappa shape index (κ1) is 22.5. The number of benzene rings is 2. The Bertz CT molecular complexity index is 999. The molecule has 1 atom stereocenters. The largest absolute Gasteiger partial charge is 0.341 e. The highest BCUT2D eigenvalue weighted by Gasteiger charge is 2.28. The zero-order valence-electron chi connectivity index (χ0n) is 18.8. The molecule has 1 heterocycles. The van der Waals surface area contributed by atoms with Crippen LogP contribution < -0.4 is 4.90 Å². The lowest BCUT2D eigenvalue weighted by Crippen LogP contribution is -2.38. The van der Waals surface area contributed by atoms with Crippen molar-refractivity contribution in [2.24, 2.45) is 0 Å². The predicted octanol–water partition coefficient (Wildman–Crippen LogP) is 5.77. The lowest BCUT2D eigenvalue weighted by Gasteiger charge is -2.30. The first-order valence-electron chi connectivity index (χ1n) is 10.7. The van der Waals surface area contributed by atoms with Gasteiger partial charge in [0.2, 0.25) is 5.88 Å². The first-order valence-corrected chi connectivity index (χ1v) is 10.7. The molecule has 6 heteroatoms. The molecule has 0 saturated carbocycles. The maximum absolute atomic E-state index is 13.4. The summed E-state index contributed by atoms with van der Waals surface area (Å²) in [5.41, 5.74) is 2.97. The van der Waals surface area contributed by atoms with Crippen LogP contribution in [0.15, 0.2) is 59.1 Å². The van der Waals surface area contributed by atoms with Crippen LogP contribution in [-0.4, -0.2) is 35.1 Å². The van der Waals surface area contributed by atoms with Gasteiger partial charge >= 0.3 is 0 Å². The van der Waals surface area contributed by atoms with Crippen molar-refractivity contribution in [2.45, 2.75) is 52.7 Å². The van der Waals surface area contributed by atoms with E-state index in [4.69, 9.17) is 4.52 Å². The number of hydrogen-bond acceptors (Lipinski definition) is 4. The van der Waals surface area contributed by atoms with Crippen LogP contribution in [0.4, 0.5) is 10.3 Å². The molecule has 164 valence electrons. The number of carbonyl (C=O) groups excluding carboxylic acids is 1. The third-order valence-corrected chi connectivity index (χ3v) is 5.71. The van der Waals surface area contributed by atoms with Crippen LogP contribution in [0.25, 0.3) is 11.3 Å². The summed E-state index contributed by atoms with van der Waals surface area (Å²) < 4.78 is 19.2. The van der Waals surface area contributed by atoms with Crippen molar-refractivity contribution in [2.75, 3.05) is 11.9 Å². The molecule has 31 heavy (non-hydrogen) atoms. The molecule has 1 aromatic heterocycles. The molecule has 0 bridgehead atoms.